The maximum atomic E-state index is 12.2. The summed E-state index contributed by atoms with van der Waals surface area (Å²) in [6.07, 6.45) is -0.0998. The molecule has 0 spiro atoms. The molecule has 2 N–H and O–H groups in total. The van der Waals surface area contributed by atoms with Gasteiger partial charge in [-0.05, 0) is 17.2 Å². The molecule has 0 unspecified atom stereocenters. The predicted octanol–water partition coefficient (Wildman–Crippen LogP) is 1.96. The summed E-state index contributed by atoms with van der Waals surface area (Å²) in [5, 5.41) is 22.6. The van der Waals surface area contributed by atoms with Gasteiger partial charge in [0.1, 0.15) is 11.8 Å². The molecule has 0 aromatic heterocycles. The number of rotatable bonds is 8. The van der Waals surface area contributed by atoms with Crippen molar-refractivity contribution < 1.29 is 24.4 Å². The predicted molar refractivity (Wildman–Crippen MR) is 93.1 cm³/mol. The van der Waals surface area contributed by atoms with Crippen molar-refractivity contribution in [3.05, 3.63) is 69.8 Å². The number of aliphatic carboxylic acids is 1. The number of nitro groups is 1. The Kier molecular flexibility index (Phi) is 6.26. The van der Waals surface area contributed by atoms with Crippen LogP contribution in [0.2, 0.25) is 0 Å². The van der Waals surface area contributed by atoms with Crippen LogP contribution in [0.4, 0.5) is 5.69 Å². The number of carbonyl (C=O) groups excluding carboxylic acids is 1. The summed E-state index contributed by atoms with van der Waals surface area (Å²) in [7, 11) is 1.48. The maximum Gasteiger partial charge on any atom is 0.326 e. The molecule has 0 saturated heterocycles. The Hall–Kier alpha value is -3.42. The molecule has 0 bridgehead atoms. The number of ether oxygens (including phenoxy) is 1. The number of carboxylic acids is 1. The Morgan fingerprint density at radius 2 is 1.96 bits per heavy atom. The van der Waals surface area contributed by atoms with Crippen molar-refractivity contribution >= 4 is 17.6 Å². The minimum atomic E-state index is -1.18. The molecule has 0 saturated carbocycles. The molecule has 0 fully saturated rings. The monoisotopic (exact) mass is 358 g/mol. The Morgan fingerprint density at radius 1 is 1.23 bits per heavy atom. The summed E-state index contributed by atoms with van der Waals surface area (Å²) < 4.78 is 5.19. The zero-order chi connectivity index (χ0) is 19.1. The number of nitrogens with zero attached hydrogens (tertiary/aromatic N) is 1. The van der Waals surface area contributed by atoms with Crippen LogP contribution >= 0.6 is 0 Å². The maximum absolute atomic E-state index is 12.2. The lowest BCUT2D eigenvalue weighted by Gasteiger charge is -2.16. The highest BCUT2D eigenvalue weighted by molar-refractivity contribution is 5.85. The van der Waals surface area contributed by atoms with E-state index in [9.17, 15) is 24.8 Å². The molecule has 8 heteroatoms. The van der Waals surface area contributed by atoms with E-state index < -0.39 is 22.8 Å². The summed E-state index contributed by atoms with van der Waals surface area (Å²) in [5.41, 5.74) is 0.954. The Balaban J connectivity index is 2.07. The lowest BCUT2D eigenvalue weighted by Crippen LogP contribution is -2.43. The van der Waals surface area contributed by atoms with E-state index in [0.717, 1.165) is 0 Å². The third-order valence-electron chi connectivity index (χ3n) is 3.74. The molecule has 0 radical (unpaired) electrons. The third-order valence-corrected chi connectivity index (χ3v) is 3.74. The normalized spacial score (nSPS) is 11.4. The molecular weight excluding hydrogens is 340 g/mol. The highest BCUT2D eigenvalue weighted by atomic mass is 16.6. The summed E-state index contributed by atoms with van der Waals surface area (Å²) in [5.74, 6) is -1.18. The largest absolute Gasteiger partial charge is 0.496 e. The quantitative estimate of drug-likeness (QED) is 0.550. The van der Waals surface area contributed by atoms with Crippen molar-refractivity contribution in [1.82, 2.24) is 5.32 Å². The first kappa shape index (κ1) is 18.9. The summed E-state index contributed by atoms with van der Waals surface area (Å²) >= 11 is 0. The first-order valence-electron chi connectivity index (χ1n) is 7.78. The number of nitro benzene ring substituents is 1. The smallest absolute Gasteiger partial charge is 0.326 e. The number of amides is 1. The average Bonchev–Trinajstić information content (AvgIpc) is 2.61. The highest BCUT2D eigenvalue weighted by Gasteiger charge is 2.22. The standard InChI is InChI=1S/C18H18N2O6/c1-26-16-8-3-2-6-13(16)11-15(18(22)23)19-17(21)10-12-5-4-7-14(9-12)20(24)25/h2-9,15H,10-11H2,1H3,(H,19,21)(H,22,23)/t15-/m0/s1. The second-order valence-electron chi connectivity index (χ2n) is 5.58. The molecule has 0 aliphatic heterocycles. The molecule has 2 aromatic carbocycles. The summed E-state index contributed by atoms with van der Waals surface area (Å²) in [6.45, 7) is 0. The molecule has 2 rings (SSSR count). The van der Waals surface area contributed by atoms with Gasteiger partial charge in [0.15, 0.2) is 0 Å². The molecule has 0 aliphatic rings. The van der Waals surface area contributed by atoms with Gasteiger partial charge >= 0.3 is 5.97 Å². The van der Waals surface area contributed by atoms with Crippen LogP contribution in [0.15, 0.2) is 48.5 Å². The van der Waals surface area contributed by atoms with Crippen molar-refractivity contribution in [2.75, 3.05) is 7.11 Å². The van der Waals surface area contributed by atoms with E-state index in [0.29, 0.717) is 16.9 Å². The van der Waals surface area contributed by atoms with E-state index in [1.807, 2.05) is 0 Å². The molecular formula is C18H18N2O6. The number of non-ortho nitro benzene ring substituents is 1. The van der Waals surface area contributed by atoms with Gasteiger partial charge in [-0.1, -0.05) is 30.3 Å². The molecule has 0 heterocycles. The second kappa shape index (κ2) is 8.61. The van der Waals surface area contributed by atoms with Crippen LogP contribution in [0.1, 0.15) is 11.1 Å². The van der Waals surface area contributed by atoms with Crippen LogP contribution in [0.5, 0.6) is 5.75 Å². The van der Waals surface area contributed by atoms with Crippen molar-refractivity contribution in [3.8, 4) is 5.75 Å². The van der Waals surface area contributed by atoms with Gasteiger partial charge in [-0.15, -0.1) is 0 Å². The minimum Gasteiger partial charge on any atom is -0.496 e. The van der Waals surface area contributed by atoms with E-state index in [2.05, 4.69) is 5.32 Å². The van der Waals surface area contributed by atoms with Crippen LogP contribution in [0.3, 0.4) is 0 Å². The van der Waals surface area contributed by atoms with Gasteiger partial charge in [0.05, 0.1) is 18.5 Å². The first-order chi connectivity index (χ1) is 12.4. The molecule has 136 valence electrons. The summed E-state index contributed by atoms with van der Waals surface area (Å²) in [4.78, 5) is 33.9. The zero-order valence-corrected chi connectivity index (χ0v) is 14.0. The van der Waals surface area contributed by atoms with Gasteiger partial charge < -0.3 is 15.2 Å². The van der Waals surface area contributed by atoms with E-state index in [4.69, 9.17) is 4.74 Å². The lowest BCUT2D eigenvalue weighted by molar-refractivity contribution is -0.384. The Morgan fingerprint density at radius 3 is 2.62 bits per heavy atom. The molecule has 8 nitrogen and oxygen atoms in total. The second-order valence-corrected chi connectivity index (χ2v) is 5.58. The van der Waals surface area contributed by atoms with E-state index >= 15 is 0 Å². The number of hydrogen-bond acceptors (Lipinski definition) is 5. The van der Waals surface area contributed by atoms with Gasteiger partial charge in [0.25, 0.3) is 5.69 Å². The molecule has 0 aliphatic carbocycles. The number of carbonyl (C=O) groups is 2. The van der Waals surface area contributed by atoms with Crippen molar-refractivity contribution in [3.63, 3.8) is 0 Å². The van der Waals surface area contributed by atoms with Gasteiger partial charge in [-0.3, -0.25) is 14.9 Å². The number of para-hydroxylation sites is 1. The fourth-order valence-corrected chi connectivity index (χ4v) is 2.50. The van der Waals surface area contributed by atoms with Crippen molar-refractivity contribution in [1.29, 1.82) is 0 Å². The van der Waals surface area contributed by atoms with E-state index in [-0.39, 0.29) is 18.5 Å². The van der Waals surface area contributed by atoms with Crippen LogP contribution in [0.25, 0.3) is 0 Å². The summed E-state index contributed by atoms with van der Waals surface area (Å²) in [6, 6.07) is 11.5. The highest BCUT2D eigenvalue weighted by Crippen LogP contribution is 2.19. The molecule has 1 amide bonds. The first-order valence-corrected chi connectivity index (χ1v) is 7.78. The lowest BCUT2D eigenvalue weighted by atomic mass is 10.0. The van der Waals surface area contributed by atoms with E-state index in [1.54, 1.807) is 30.3 Å². The third kappa shape index (κ3) is 5.04. The minimum absolute atomic E-state index is 0.0556. The van der Waals surface area contributed by atoms with Crippen LogP contribution in [-0.4, -0.2) is 35.1 Å². The number of hydrogen-bond donors (Lipinski definition) is 2. The van der Waals surface area contributed by atoms with Gasteiger partial charge in [0, 0.05) is 18.6 Å². The van der Waals surface area contributed by atoms with Gasteiger partial charge in [-0.2, -0.15) is 0 Å². The number of nitrogens with one attached hydrogen (secondary N) is 1. The number of carboxylic acid groups (broad SMARTS) is 1. The van der Waals surface area contributed by atoms with Crippen molar-refractivity contribution in [2.24, 2.45) is 0 Å². The van der Waals surface area contributed by atoms with Gasteiger partial charge in [-0.25, -0.2) is 4.79 Å². The van der Waals surface area contributed by atoms with Crippen molar-refractivity contribution in [2.45, 2.75) is 18.9 Å². The van der Waals surface area contributed by atoms with Crippen LogP contribution in [-0.2, 0) is 22.4 Å². The Labute approximate surface area is 149 Å². The van der Waals surface area contributed by atoms with Crippen LogP contribution < -0.4 is 10.1 Å². The SMILES string of the molecule is COc1ccccc1C[C@H](NC(=O)Cc1cccc([N+](=O)[O-])c1)C(=O)O. The Bertz CT molecular complexity index is 821. The topological polar surface area (TPSA) is 119 Å². The molecule has 1 atom stereocenters. The number of benzene rings is 2. The number of methoxy groups -OCH3 is 1. The zero-order valence-electron chi connectivity index (χ0n) is 14.0. The fraction of sp³-hybridized carbons (Fsp3) is 0.222. The molecule has 2 aromatic rings. The van der Waals surface area contributed by atoms with Crippen LogP contribution in [0, 0.1) is 10.1 Å². The van der Waals surface area contributed by atoms with E-state index in [1.165, 1.54) is 25.3 Å². The average molecular weight is 358 g/mol. The molecule has 26 heavy (non-hydrogen) atoms. The van der Waals surface area contributed by atoms with Gasteiger partial charge in [0.2, 0.25) is 5.91 Å². The fourth-order valence-electron chi connectivity index (χ4n) is 2.50.